The molecule has 176 valence electrons. The summed E-state index contributed by atoms with van der Waals surface area (Å²) < 4.78 is 37.2. The molecule has 6 nitrogen and oxygen atoms in total. The van der Waals surface area contributed by atoms with E-state index in [-0.39, 0.29) is 42.3 Å². The van der Waals surface area contributed by atoms with E-state index in [2.05, 4.69) is 27.8 Å². The van der Waals surface area contributed by atoms with Crippen LogP contribution in [0.25, 0.3) is 0 Å². The van der Waals surface area contributed by atoms with Crippen molar-refractivity contribution in [2.45, 2.75) is 25.9 Å². The number of nitrogens with zero attached hydrogens (tertiary/aromatic N) is 3. The summed E-state index contributed by atoms with van der Waals surface area (Å²) in [5.41, 5.74) is 1.21. The van der Waals surface area contributed by atoms with E-state index in [1.165, 1.54) is 17.5 Å². The quantitative estimate of drug-likeness (QED) is 0.265. The van der Waals surface area contributed by atoms with Crippen LogP contribution < -0.4 is 10.6 Å². The number of guanidine groups is 1. The van der Waals surface area contributed by atoms with Crippen molar-refractivity contribution in [3.05, 3.63) is 35.9 Å². The Balaban J connectivity index is 0.00000480. The van der Waals surface area contributed by atoms with Crippen LogP contribution in [0.15, 0.2) is 35.3 Å². The average molecular weight is 555 g/mol. The summed E-state index contributed by atoms with van der Waals surface area (Å²) in [6.45, 7) is 4.13. The van der Waals surface area contributed by atoms with Crippen LogP contribution in [0.5, 0.6) is 0 Å². The van der Waals surface area contributed by atoms with Gasteiger partial charge >= 0.3 is 6.18 Å². The summed E-state index contributed by atoms with van der Waals surface area (Å²) in [6.07, 6.45) is -2.89. The van der Waals surface area contributed by atoms with Gasteiger partial charge < -0.3 is 15.5 Å². The molecular formula is C21H33F3IN5O. The average Bonchev–Trinajstić information content (AvgIpc) is 3.03. The van der Waals surface area contributed by atoms with Crippen LogP contribution in [0.3, 0.4) is 0 Å². The standard InChI is InChI=1S/C21H32F3N5O.HI/c1-3-25-20(26-10-12-28(2)16-21(22,23)24)27-14-18-13-19(30)29(15-18)11-9-17-7-5-4-6-8-17;/h4-8,18H,3,9-16H2,1-2H3,(H2,25,26,27);1H. The molecule has 1 aliphatic heterocycles. The highest BCUT2D eigenvalue weighted by Crippen LogP contribution is 2.18. The number of nitrogens with one attached hydrogen (secondary N) is 2. The first-order chi connectivity index (χ1) is 14.3. The number of hydrogen-bond acceptors (Lipinski definition) is 3. The van der Waals surface area contributed by atoms with Gasteiger partial charge in [0, 0.05) is 51.6 Å². The lowest BCUT2D eigenvalue weighted by Crippen LogP contribution is -2.42. The summed E-state index contributed by atoms with van der Waals surface area (Å²) in [5.74, 6) is 0.864. The van der Waals surface area contributed by atoms with Gasteiger partial charge in [-0.2, -0.15) is 13.2 Å². The van der Waals surface area contributed by atoms with Gasteiger partial charge in [0.15, 0.2) is 5.96 Å². The molecule has 0 aliphatic carbocycles. The number of hydrogen-bond donors (Lipinski definition) is 2. The Morgan fingerprint density at radius 3 is 2.61 bits per heavy atom. The van der Waals surface area contributed by atoms with Crippen LogP contribution in [0.1, 0.15) is 18.9 Å². The SMILES string of the molecule is CCNC(=NCC1CC(=O)N(CCc2ccccc2)C1)NCCN(C)CC(F)(F)F.I. The fourth-order valence-corrected chi connectivity index (χ4v) is 3.41. The third kappa shape index (κ3) is 11.0. The Labute approximate surface area is 199 Å². The Bertz CT molecular complexity index is 687. The molecule has 0 radical (unpaired) electrons. The molecule has 1 aromatic rings. The van der Waals surface area contributed by atoms with Crippen LogP contribution in [0.2, 0.25) is 0 Å². The van der Waals surface area contributed by atoms with E-state index in [0.717, 1.165) is 6.42 Å². The molecule has 2 rings (SSSR count). The Morgan fingerprint density at radius 2 is 1.97 bits per heavy atom. The summed E-state index contributed by atoms with van der Waals surface area (Å²) in [7, 11) is 1.44. The molecule has 0 spiro atoms. The minimum Gasteiger partial charge on any atom is -0.357 e. The van der Waals surface area contributed by atoms with Gasteiger partial charge in [0.05, 0.1) is 6.54 Å². The van der Waals surface area contributed by atoms with Crippen molar-refractivity contribution in [1.82, 2.24) is 20.4 Å². The maximum absolute atomic E-state index is 12.4. The lowest BCUT2D eigenvalue weighted by Gasteiger charge is -2.19. The lowest BCUT2D eigenvalue weighted by molar-refractivity contribution is -0.142. The van der Waals surface area contributed by atoms with Gasteiger partial charge in [-0.05, 0) is 26.0 Å². The van der Waals surface area contributed by atoms with Gasteiger partial charge in [0.25, 0.3) is 0 Å². The summed E-state index contributed by atoms with van der Waals surface area (Å²) >= 11 is 0. The van der Waals surface area contributed by atoms with E-state index in [0.29, 0.717) is 45.1 Å². The van der Waals surface area contributed by atoms with Gasteiger partial charge in [-0.25, -0.2) is 0 Å². The molecule has 31 heavy (non-hydrogen) atoms. The smallest absolute Gasteiger partial charge is 0.357 e. The summed E-state index contributed by atoms with van der Waals surface area (Å²) in [5, 5.41) is 6.16. The molecule has 1 saturated heterocycles. The predicted octanol–water partition coefficient (Wildman–Crippen LogP) is 2.74. The van der Waals surface area contributed by atoms with Crippen LogP contribution in [0.4, 0.5) is 13.2 Å². The molecular weight excluding hydrogens is 522 g/mol. The normalized spacial score (nSPS) is 17.1. The molecule has 0 saturated carbocycles. The molecule has 1 atom stereocenters. The van der Waals surface area contributed by atoms with E-state index < -0.39 is 12.7 Å². The lowest BCUT2D eigenvalue weighted by atomic mass is 10.1. The number of benzene rings is 1. The van der Waals surface area contributed by atoms with Gasteiger partial charge in [0.1, 0.15) is 0 Å². The van der Waals surface area contributed by atoms with E-state index >= 15 is 0 Å². The molecule has 1 aromatic carbocycles. The van der Waals surface area contributed by atoms with Gasteiger partial charge in [-0.3, -0.25) is 14.7 Å². The largest absolute Gasteiger partial charge is 0.401 e. The predicted molar refractivity (Wildman–Crippen MR) is 128 cm³/mol. The number of carbonyl (C=O) groups excluding carboxylic acids is 1. The highest BCUT2D eigenvalue weighted by Gasteiger charge is 2.29. The van der Waals surface area contributed by atoms with Crippen molar-refractivity contribution in [2.24, 2.45) is 10.9 Å². The first-order valence-electron chi connectivity index (χ1n) is 10.4. The van der Waals surface area contributed by atoms with Crippen LogP contribution >= 0.6 is 24.0 Å². The second-order valence-electron chi connectivity index (χ2n) is 7.64. The molecule has 10 heteroatoms. The maximum atomic E-state index is 12.4. The number of aliphatic imine (C=N–C) groups is 1. The number of likely N-dealkylation sites (tertiary alicyclic amines) is 1. The van der Waals surface area contributed by atoms with Crippen molar-refractivity contribution in [3.63, 3.8) is 0 Å². The molecule has 1 heterocycles. The zero-order valence-corrected chi connectivity index (χ0v) is 20.5. The molecule has 0 bridgehead atoms. The second kappa shape index (κ2) is 13.8. The highest BCUT2D eigenvalue weighted by molar-refractivity contribution is 14.0. The third-order valence-electron chi connectivity index (χ3n) is 4.89. The maximum Gasteiger partial charge on any atom is 0.401 e. The fraction of sp³-hybridized carbons (Fsp3) is 0.619. The van der Waals surface area contributed by atoms with Crippen molar-refractivity contribution in [1.29, 1.82) is 0 Å². The van der Waals surface area contributed by atoms with Crippen molar-refractivity contribution >= 4 is 35.8 Å². The van der Waals surface area contributed by atoms with E-state index in [9.17, 15) is 18.0 Å². The van der Waals surface area contributed by atoms with Gasteiger partial charge in [-0.15, -0.1) is 24.0 Å². The third-order valence-corrected chi connectivity index (χ3v) is 4.89. The fourth-order valence-electron chi connectivity index (χ4n) is 3.41. The highest BCUT2D eigenvalue weighted by atomic mass is 127. The Hall–Kier alpha value is -1.56. The van der Waals surface area contributed by atoms with Crippen molar-refractivity contribution in [3.8, 4) is 0 Å². The number of rotatable bonds is 10. The van der Waals surface area contributed by atoms with Crippen LogP contribution in [0, 0.1) is 5.92 Å². The number of halogens is 4. The molecule has 1 fully saturated rings. The van der Waals surface area contributed by atoms with E-state index in [1.807, 2.05) is 30.0 Å². The number of alkyl halides is 3. The first-order valence-corrected chi connectivity index (χ1v) is 10.4. The topological polar surface area (TPSA) is 60.0 Å². The number of carbonyl (C=O) groups is 1. The van der Waals surface area contributed by atoms with E-state index in [1.54, 1.807) is 0 Å². The van der Waals surface area contributed by atoms with Crippen molar-refractivity contribution in [2.75, 3.05) is 52.9 Å². The monoisotopic (exact) mass is 555 g/mol. The minimum atomic E-state index is -4.20. The van der Waals surface area contributed by atoms with Crippen molar-refractivity contribution < 1.29 is 18.0 Å². The molecule has 2 N–H and O–H groups in total. The number of likely N-dealkylation sites (N-methyl/N-ethyl adjacent to an activating group) is 1. The Kier molecular flexibility index (Phi) is 12.2. The molecule has 1 aliphatic rings. The minimum absolute atomic E-state index is 0. The molecule has 0 aromatic heterocycles. The second-order valence-corrected chi connectivity index (χ2v) is 7.64. The van der Waals surface area contributed by atoms with Gasteiger partial charge in [-0.1, -0.05) is 30.3 Å². The molecule has 1 unspecified atom stereocenters. The summed E-state index contributed by atoms with van der Waals surface area (Å²) in [6, 6.07) is 10.1. The van der Waals surface area contributed by atoms with Gasteiger partial charge in [0.2, 0.25) is 5.91 Å². The zero-order chi connectivity index (χ0) is 22.0. The number of amides is 1. The zero-order valence-electron chi connectivity index (χ0n) is 18.1. The first kappa shape index (κ1) is 27.5. The summed E-state index contributed by atoms with van der Waals surface area (Å²) in [4.78, 5) is 19.9. The Morgan fingerprint density at radius 1 is 1.26 bits per heavy atom. The van der Waals surface area contributed by atoms with Crippen LogP contribution in [-0.2, 0) is 11.2 Å². The molecule has 1 amide bonds. The van der Waals surface area contributed by atoms with Crippen LogP contribution in [-0.4, -0.2) is 80.7 Å². The van der Waals surface area contributed by atoms with E-state index in [4.69, 9.17) is 0 Å².